The smallest absolute Gasteiger partial charge is 0.247 e. The number of pyridine rings is 1. The Hall–Kier alpha value is -3.07. The normalized spacial score (nSPS) is 21.2. The van der Waals surface area contributed by atoms with Gasteiger partial charge in [-0.1, -0.05) is 5.16 Å². The number of hydrogen-bond acceptors (Lipinski definition) is 8. The van der Waals surface area contributed by atoms with Crippen molar-refractivity contribution < 1.29 is 18.8 Å². The zero-order valence-electron chi connectivity index (χ0n) is 17.1. The Labute approximate surface area is 174 Å². The maximum absolute atomic E-state index is 12.4. The van der Waals surface area contributed by atoms with Gasteiger partial charge in [0, 0.05) is 30.5 Å². The lowest BCUT2D eigenvalue weighted by atomic mass is 10.1. The van der Waals surface area contributed by atoms with E-state index in [1.807, 2.05) is 26.0 Å². The highest BCUT2D eigenvalue weighted by Gasteiger charge is 2.25. The minimum absolute atomic E-state index is 0.0503. The number of amides is 1. The van der Waals surface area contributed by atoms with E-state index in [1.165, 1.54) is 0 Å². The fourth-order valence-electron chi connectivity index (χ4n) is 3.37. The number of rotatable bonds is 6. The van der Waals surface area contributed by atoms with Gasteiger partial charge >= 0.3 is 0 Å². The fraction of sp³-hybridized carbons (Fsp3) is 0.476. The highest BCUT2D eigenvalue weighted by molar-refractivity contribution is 5.82. The Bertz CT molecular complexity index is 945. The molecular formula is C21H25N5O4. The average Bonchev–Trinajstić information content (AvgIpc) is 3.14. The third-order valence-corrected chi connectivity index (χ3v) is 5.15. The van der Waals surface area contributed by atoms with Crippen molar-refractivity contribution >= 4 is 5.91 Å². The quantitative estimate of drug-likeness (QED) is 0.781. The first-order valence-corrected chi connectivity index (χ1v) is 10.1. The molecule has 4 heterocycles. The van der Waals surface area contributed by atoms with E-state index in [2.05, 4.69) is 25.7 Å². The Morgan fingerprint density at radius 1 is 1.33 bits per heavy atom. The van der Waals surface area contributed by atoms with Crippen molar-refractivity contribution in [2.45, 2.75) is 51.8 Å². The number of carbonyl (C=O) groups is 1. The predicted molar refractivity (Wildman–Crippen MR) is 107 cm³/mol. The molecule has 1 saturated heterocycles. The van der Waals surface area contributed by atoms with Gasteiger partial charge in [-0.25, -0.2) is 0 Å². The minimum atomic E-state index is -0.536. The lowest BCUT2D eigenvalue weighted by molar-refractivity contribution is -0.124. The Balaban J connectivity index is 1.33. The molecule has 158 valence electrons. The van der Waals surface area contributed by atoms with Crippen LogP contribution >= 0.6 is 0 Å². The topological polar surface area (TPSA) is 111 Å². The van der Waals surface area contributed by atoms with Gasteiger partial charge in [0.25, 0.3) is 0 Å². The Morgan fingerprint density at radius 2 is 2.23 bits per heavy atom. The van der Waals surface area contributed by atoms with Crippen LogP contribution in [0.1, 0.15) is 36.3 Å². The molecule has 4 rings (SSSR count). The van der Waals surface area contributed by atoms with Gasteiger partial charge in [-0.2, -0.15) is 5.11 Å². The van der Waals surface area contributed by atoms with Crippen LogP contribution in [0, 0.1) is 13.8 Å². The van der Waals surface area contributed by atoms with Gasteiger partial charge in [-0.15, -0.1) is 5.11 Å². The van der Waals surface area contributed by atoms with E-state index in [0.29, 0.717) is 30.4 Å². The van der Waals surface area contributed by atoms with Gasteiger partial charge in [-0.3, -0.25) is 9.78 Å². The van der Waals surface area contributed by atoms with Crippen LogP contribution in [0.5, 0.6) is 0 Å². The summed E-state index contributed by atoms with van der Waals surface area (Å²) in [6.45, 7) is 5.31. The number of nitrogens with zero attached hydrogens (tertiary/aromatic N) is 4. The second-order valence-electron chi connectivity index (χ2n) is 7.47. The molecule has 0 aromatic carbocycles. The molecule has 9 heteroatoms. The first kappa shape index (κ1) is 20.2. The van der Waals surface area contributed by atoms with E-state index < -0.39 is 6.04 Å². The summed E-state index contributed by atoms with van der Waals surface area (Å²) in [6.07, 6.45) is 5.87. The van der Waals surface area contributed by atoms with E-state index in [1.54, 1.807) is 12.3 Å². The van der Waals surface area contributed by atoms with Crippen molar-refractivity contribution in [3.05, 3.63) is 47.3 Å². The standard InChI is InChI=1S/C21H25N5O4/c1-13-5-6-15(10-22-13)20-17(14(2)30-26-20)12-29-19-8-7-18(24-25-19)21(27)23-16-4-3-9-28-11-16/h5-6,8,10,16,18H,3-4,7,9,11-12H2,1-2H3,(H,23,27). The summed E-state index contributed by atoms with van der Waals surface area (Å²) in [5.41, 5.74) is 3.31. The number of aromatic nitrogens is 2. The molecule has 2 aromatic heterocycles. The maximum atomic E-state index is 12.4. The maximum Gasteiger partial charge on any atom is 0.247 e. The number of carbonyl (C=O) groups excluding carboxylic acids is 1. The Kier molecular flexibility index (Phi) is 6.18. The molecule has 2 unspecified atom stereocenters. The molecule has 1 fully saturated rings. The molecule has 0 bridgehead atoms. The van der Waals surface area contributed by atoms with Crippen LogP contribution in [0.2, 0.25) is 0 Å². The molecule has 1 N–H and O–H groups in total. The first-order chi connectivity index (χ1) is 14.6. The zero-order valence-corrected chi connectivity index (χ0v) is 17.1. The highest BCUT2D eigenvalue weighted by atomic mass is 16.5. The molecule has 2 aliphatic heterocycles. The summed E-state index contributed by atoms with van der Waals surface area (Å²) in [5, 5.41) is 15.3. The molecule has 0 saturated carbocycles. The van der Waals surface area contributed by atoms with Crippen molar-refractivity contribution in [2.24, 2.45) is 10.2 Å². The third-order valence-electron chi connectivity index (χ3n) is 5.15. The fourth-order valence-corrected chi connectivity index (χ4v) is 3.37. The van der Waals surface area contributed by atoms with E-state index in [4.69, 9.17) is 14.0 Å². The van der Waals surface area contributed by atoms with E-state index in [-0.39, 0.29) is 18.6 Å². The monoisotopic (exact) mass is 411 g/mol. The second kappa shape index (κ2) is 9.17. The van der Waals surface area contributed by atoms with E-state index >= 15 is 0 Å². The summed E-state index contributed by atoms with van der Waals surface area (Å²) in [5.74, 6) is 0.924. The molecule has 2 atom stereocenters. The SMILES string of the molecule is Cc1ccc(-c2noc(C)c2COC2=CCC(C(=O)NC3CCCOC3)N=N2)cn1. The van der Waals surface area contributed by atoms with Crippen LogP contribution in [0.15, 0.2) is 45.0 Å². The van der Waals surface area contributed by atoms with Crippen LogP contribution in [0.3, 0.4) is 0 Å². The van der Waals surface area contributed by atoms with Gasteiger partial charge in [0.05, 0.1) is 18.2 Å². The highest BCUT2D eigenvalue weighted by Crippen LogP contribution is 2.27. The summed E-state index contributed by atoms with van der Waals surface area (Å²) >= 11 is 0. The van der Waals surface area contributed by atoms with Crippen LogP contribution in [0.4, 0.5) is 0 Å². The van der Waals surface area contributed by atoms with Crippen LogP contribution in [0.25, 0.3) is 11.3 Å². The number of ether oxygens (including phenoxy) is 2. The number of nitrogens with one attached hydrogen (secondary N) is 1. The second-order valence-corrected chi connectivity index (χ2v) is 7.47. The average molecular weight is 411 g/mol. The van der Waals surface area contributed by atoms with Gasteiger partial charge in [0.15, 0.2) is 6.04 Å². The molecule has 0 aliphatic carbocycles. The predicted octanol–water partition coefficient (Wildman–Crippen LogP) is 3.23. The summed E-state index contributed by atoms with van der Waals surface area (Å²) < 4.78 is 16.5. The number of aryl methyl sites for hydroxylation is 2. The van der Waals surface area contributed by atoms with Crippen molar-refractivity contribution in [3.63, 3.8) is 0 Å². The van der Waals surface area contributed by atoms with Crippen LogP contribution < -0.4 is 5.32 Å². The lowest BCUT2D eigenvalue weighted by Gasteiger charge is -2.24. The van der Waals surface area contributed by atoms with Crippen molar-refractivity contribution in [2.75, 3.05) is 13.2 Å². The largest absolute Gasteiger partial charge is 0.472 e. The third kappa shape index (κ3) is 4.73. The summed E-state index contributed by atoms with van der Waals surface area (Å²) in [4.78, 5) is 16.7. The molecular weight excluding hydrogens is 386 g/mol. The van der Waals surface area contributed by atoms with E-state index in [0.717, 1.165) is 36.3 Å². The summed E-state index contributed by atoms with van der Waals surface area (Å²) in [7, 11) is 0. The number of azo groups is 1. The minimum Gasteiger partial charge on any atom is -0.472 e. The van der Waals surface area contributed by atoms with E-state index in [9.17, 15) is 4.79 Å². The lowest BCUT2D eigenvalue weighted by Crippen LogP contribution is -2.44. The van der Waals surface area contributed by atoms with Crippen molar-refractivity contribution in [1.82, 2.24) is 15.5 Å². The van der Waals surface area contributed by atoms with Gasteiger partial charge < -0.3 is 19.3 Å². The zero-order chi connectivity index (χ0) is 20.9. The molecule has 1 amide bonds. The van der Waals surface area contributed by atoms with Crippen LogP contribution in [-0.2, 0) is 20.9 Å². The van der Waals surface area contributed by atoms with Crippen molar-refractivity contribution in [3.8, 4) is 11.3 Å². The molecule has 30 heavy (non-hydrogen) atoms. The summed E-state index contributed by atoms with van der Waals surface area (Å²) in [6, 6.07) is 3.38. The molecule has 0 radical (unpaired) electrons. The molecule has 2 aliphatic rings. The number of hydrogen-bond donors (Lipinski definition) is 1. The van der Waals surface area contributed by atoms with Gasteiger partial charge in [0.1, 0.15) is 18.1 Å². The molecule has 2 aromatic rings. The van der Waals surface area contributed by atoms with Crippen molar-refractivity contribution in [1.29, 1.82) is 0 Å². The molecule has 9 nitrogen and oxygen atoms in total. The molecule has 0 spiro atoms. The van der Waals surface area contributed by atoms with Gasteiger partial charge in [-0.05, 0) is 44.9 Å². The Morgan fingerprint density at radius 3 is 2.93 bits per heavy atom. The first-order valence-electron chi connectivity index (χ1n) is 10.1. The van der Waals surface area contributed by atoms with Gasteiger partial charge in [0.2, 0.25) is 11.8 Å². The van der Waals surface area contributed by atoms with Crippen LogP contribution in [-0.4, -0.2) is 41.3 Å².